The summed E-state index contributed by atoms with van der Waals surface area (Å²) >= 11 is 6.15. The number of thiol groups is 1. The quantitative estimate of drug-likeness (QED) is 0.491. The van der Waals surface area contributed by atoms with Gasteiger partial charge in [0.05, 0.1) is 5.56 Å². The number of anilines is 1. The van der Waals surface area contributed by atoms with Gasteiger partial charge in [-0.25, -0.2) is 4.99 Å². The van der Waals surface area contributed by atoms with E-state index < -0.39 is 0 Å². The number of fused-ring (bicyclic) bond motifs is 3. The van der Waals surface area contributed by atoms with E-state index in [1.165, 1.54) is 41.1 Å². The van der Waals surface area contributed by atoms with Crippen LogP contribution >= 0.6 is 24.0 Å². The summed E-state index contributed by atoms with van der Waals surface area (Å²) in [6.07, 6.45) is 6.24. The maximum absolute atomic E-state index is 6.02. The largest absolute Gasteiger partial charge is 0.383 e. The van der Waals surface area contributed by atoms with Crippen LogP contribution in [0.25, 0.3) is 0 Å². The van der Waals surface area contributed by atoms with Crippen molar-refractivity contribution in [3.8, 4) is 0 Å². The van der Waals surface area contributed by atoms with Crippen molar-refractivity contribution in [2.45, 2.75) is 37.6 Å². The number of thiophene rings is 1. The molecule has 0 saturated carbocycles. The molecular formula is C11H15N3S2. The number of hydrogen-bond acceptors (Lipinski definition) is 5. The van der Waals surface area contributed by atoms with E-state index in [0.717, 1.165) is 12.0 Å². The first kappa shape index (κ1) is 10.5. The summed E-state index contributed by atoms with van der Waals surface area (Å²) in [6.45, 7) is 0. The van der Waals surface area contributed by atoms with E-state index in [0.29, 0.717) is 5.84 Å². The molecule has 16 heavy (non-hydrogen) atoms. The first-order valence-electron chi connectivity index (χ1n) is 5.68. The van der Waals surface area contributed by atoms with Gasteiger partial charge in [-0.2, -0.15) is 0 Å². The lowest BCUT2D eigenvalue weighted by molar-refractivity contribution is 0.712. The van der Waals surface area contributed by atoms with Gasteiger partial charge in [-0.05, 0) is 31.2 Å². The Balaban J connectivity index is 2.11. The minimum atomic E-state index is -0.185. The molecule has 5 heteroatoms. The van der Waals surface area contributed by atoms with Crippen molar-refractivity contribution in [2.75, 3.05) is 5.32 Å². The van der Waals surface area contributed by atoms with Crippen LogP contribution in [0.5, 0.6) is 0 Å². The lowest BCUT2D eigenvalue weighted by Crippen LogP contribution is -2.26. The highest BCUT2D eigenvalue weighted by Gasteiger charge is 2.25. The summed E-state index contributed by atoms with van der Waals surface area (Å²) < 4.78 is 0. The second-order valence-corrected chi connectivity index (χ2v) is 5.90. The fourth-order valence-electron chi connectivity index (χ4n) is 2.46. The normalized spacial score (nSPS) is 23.8. The summed E-state index contributed by atoms with van der Waals surface area (Å²) in [7, 11) is 0. The molecule has 1 aromatic heterocycles. The molecule has 0 bridgehead atoms. The molecule has 0 amide bonds. The monoisotopic (exact) mass is 253 g/mol. The van der Waals surface area contributed by atoms with Gasteiger partial charge in [-0.15, -0.1) is 24.0 Å². The number of nitrogens with zero attached hydrogens (tertiary/aromatic N) is 1. The highest BCUT2D eigenvalue weighted by Crippen LogP contribution is 2.39. The third-order valence-corrected chi connectivity index (χ3v) is 4.67. The van der Waals surface area contributed by atoms with E-state index in [1.807, 2.05) is 11.3 Å². The van der Waals surface area contributed by atoms with Crippen molar-refractivity contribution in [1.82, 2.24) is 0 Å². The zero-order valence-electron chi connectivity index (χ0n) is 8.99. The van der Waals surface area contributed by atoms with Crippen LogP contribution in [0.1, 0.15) is 35.3 Å². The van der Waals surface area contributed by atoms with E-state index in [-0.39, 0.29) is 5.50 Å². The van der Waals surface area contributed by atoms with Crippen molar-refractivity contribution in [3.63, 3.8) is 0 Å². The Morgan fingerprint density at radius 3 is 3.00 bits per heavy atom. The van der Waals surface area contributed by atoms with Crippen LogP contribution in [-0.4, -0.2) is 11.3 Å². The van der Waals surface area contributed by atoms with E-state index in [4.69, 9.17) is 5.73 Å². The van der Waals surface area contributed by atoms with E-state index in [1.54, 1.807) is 0 Å². The van der Waals surface area contributed by atoms with Gasteiger partial charge in [-0.1, -0.05) is 6.42 Å². The van der Waals surface area contributed by atoms with Gasteiger partial charge in [0.2, 0.25) is 0 Å². The van der Waals surface area contributed by atoms with Crippen molar-refractivity contribution in [3.05, 3.63) is 16.0 Å². The summed E-state index contributed by atoms with van der Waals surface area (Å²) in [6, 6.07) is 0. The zero-order chi connectivity index (χ0) is 11.1. The molecule has 0 radical (unpaired) electrons. The van der Waals surface area contributed by atoms with E-state index >= 15 is 0 Å². The van der Waals surface area contributed by atoms with Crippen molar-refractivity contribution >= 4 is 34.8 Å². The molecule has 3 rings (SSSR count). The lowest BCUT2D eigenvalue weighted by atomic mass is 10.0. The minimum Gasteiger partial charge on any atom is -0.383 e. The third kappa shape index (κ3) is 1.62. The molecule has 86 valence electrons. The van der Waals surface area contributed by atoms with Crippen LogP contribution in [0.3, 0.4) is 0 Å². The molecule has 0 unspecified atom stereocenters. The SMILES string of the molecule is NC1=N[C@H](S)Nc2sc3c(c21)CCCCC3. The van der Waals surface area contributed by atoms with Crippen molar-refractivity contribution in [1.29, 1.82) is 0 Å². The summed E-state index contributed by atoms with van der Waals surface area (Å²) in [5.41, 5.74) is 8.43. The molecule has 0 spiro atoms. The predicted octanol–water partition coefficient (Wildman–Crippen LogP) is 2.36. The average Bonchev–Trinajstić information content (AvgIpc) is 2.42. The fraction of sp³-hybridized carbons (Fsp3) is 0.545. The number of hydrogen-bond donors (Lipinski definition) is 3. The highest BCUT2D eigenvalue weighted by atomic mass is 32.1. The van der Waals surface area contributed by atoms with Gasteiger partial charge in [-0.3, -0.25) is 0 Å². The zero-order valence-corrected chi connectivity index (χ0v) is 10.7. The molecule has 3 N–H and O–H groups in total. The first-order valence-corrected chi connectivity index (χ1v) is 7.02. The minimum absolute atomic E-state index is 0.185. The molecule has 2 heterocycles. The number of aliphatic imine (C=N–C) groups is 1. The molecule has 3 nitrogen and oxygen atoms in total. The van der Waals surface area contributed by atoms with Gasteiger partial charge in [0.1, 0.15) is 10.8 Å². The van der Waals surface area contributed by atoms with Crippen LogP contribution in [0.15, 0.2) is 4.99 Å². The Labute approximate surface area is 105 Å². The molecular weight excluding hydrogens is 238 g/mol. The summed E-state index contributed by atoms with van der Waals surface area (Å²) in [5.74, 6) is 0.660. The Bertz CT molecular complexity index is 450. The number of rotatable bonds is 0. The fourth-order valence-corrected chi connectivity index (χ4v) is 4.12. The van der Waals surface area contributed by atoms with Gasteiger partial charge < -0.3 is 11.1 Å². The number of aryl methyl sites for hydroxylation is 1. The second kappa shape index (κ2) is 3.96. The Kier molecular flexibility index (Phi) is 2.59. The molecule has 1 atom stereocenters. The summed E-state index contributed by atoms with van der Waals surface area (Å²) in [5, 5.41) is 4.45. The van der Waals surface area contributed by atoms with Gasteiger partial charge in [0.15, 0.2) is 5.50 Å². The van der Waals surface area contributed by atoms with Gasteiger partial charge >= 0.3 is 0 Å². The molecule has 1 aromatic rings. The Hall–Kier alpha value is -0.680. The first-order chi connectivity index (χ1) is 7.75. The maximum Gasteiger partial charge on any atom is 0.166 e. The third-order valence-electron chi connectivity index (χ3n) is 3.20. The summed E-state index contributed by atoms with van der Waals surface area (Å²) in [4.78, 5) is 5.79. The topological polar surface area (TPSA) is 50.4 Å². The predicted molar refractivity (Wildman–Crippen MR) is 72.7 cm³/mol. The molecule has 0 saturated heterocycles. The standard InChI is InChI=1S/C11H15N3S2/c12-9-8-6-4-2-1-3-5-7(6)16-10(8)14-11(15)13-9/h11,14-15H,1-5H2,(H2,12,13)/t11-/m0/s1. The Morgan fingerprint density at radius 2 is 2.12 bits per heavy atom. The molecule has 0 aromatic carbocycles. The number of amidine groups is 1. The number of nitrogens with one attached hydrogen (secondary N) is 1. The number of nitrogens with two attached hydrogens (primary N) is 1. The van der Waals surface area contributed by atoms with Gasteiger partial charge in [0, 0.05) is 4.88 Å². The second-order valence-electron chi connectivity index (χ2n) is 4.30. The lowest BCUT2D eigenvalue weighted by Gasteiger charge is -2.18. The average molecular weight is 253 g/mol. The van der Waals surface area contributed by atoms with Crippen molar-refractivity contribution < 1.29 is 0 Å². The van der Waals surface area contributed by atoms with Crippen LogP contribution in [0.4, 0.5) is 5.00 Å². The molecule has 2 aliphatic rings. The van der Waals surface area contributed by atoms with E-state index in [2.05, 4.69) is 22.9 Å². The Morgan fingerprint density at radius 1 is 1.31 bits per heavy atom. The highest BCUT2D eigenvalue weighted by molar-refractivity contribution is 7.81. The molecule has 0 fully saturated rings. The van der Waals surface area contributed by atoms with Gasteiger partial charge in [0.25, 0.3) is 0 Å². The van der Waals surface area contributed by atoms with Crippen molar-refractivity contribution in [2.24, 2.45) is 10.7 Å². The van der Waals surface area contributed by atoms with Crippen LogP contribution in [0.2, 0.25) is 0 Å². The molecule has 1 aliphatic heterocycles. The van der Waals surface area contributed by atoms with Crippen LogP contribution < -0.4 is 11.1 Å². The maximum atomic E-state index is 6.02. The van der Waals surface area contributed by atoms with Crippen LogP contribution in [0, 0.1) is 0 Å². The smallest absolute Gasteiger partial charge is 0.166 e. The van der Waals surface area contributed by atoms with Crippen LogP contribution in [-0.2, 0) is 12.8 Å². The molecule has 1 aliphatic carbocycles. The van der Waals surface area contributed by atoms with E-state index in [9.17, 15) is 0 Å².